The quantitative estimate of drug-likeness (QED) is 0.623. The van der Waals surface area contributed by atoms with Crippen LogP contribution in [0, 0.1) is 6.92 Å². The minimum atomic E-state index is 1.26. The summed E-state index contributed by atoms with van der Waals surface area (Å²) >= 11 is 0. The van der Waals surface area contributed by atoms with Crippen molar-refractivity contribution < 1.29 is 0 Å². The zero-order valence-electron chi connectivity index (χ0n) is 8.90. The fourth-order valence-corrected chi connectivity index (χ4v) is 1.80. The standard InChI is InChI=1S/C15H14/c1-3-4-7-13-10-11-14-8-5-6-9-15(14)12(13)2/h3-11H,1H2,2H3/b7-4-. The number of hydrogen-bond acceptors (Lipinski definition) is 0. The van der Waals surface area contributed by atoms with Crippen LogP contribution < -0.4 is 0 Å². The molecule has 0 aliphatic rings. The molecule has 0 aliphatic carbocycles. The number of benzene rings is 2. The molecule has 2 aromatic rings. The highest BCUT2D eigenvalue weighted by Gasteiger charge is 1.99. The Morgan fingerprint density at radius 1 is 1.07 bits per heavy atom. The summed E-state index contributed by atoms with van der Waals surface area (Å²) in [6.07, 6.45) is 5.86. The van der Waals surface area contributed by atoms with Crippen molar-refractivity contribution in [3.05, 3.63) is 66.3 Å². The molecule has 0 aliphatic heterocycles. The molecule has 74 valence electrons. The maximum absolute atomic E-state index is 3.68. The molecular formula is C15H14. The third-order valence-corrected chi connectivity index (χ3v) is 2.65. The zero-order valence-corrected chi connectivity index (χ0v) is 8.90. The van der Waals surface area contributed by atoms with E-state index in [1.165, 1.54) is 21.9 Å². The van der Waals surface area contributed by atoms with Crippen LogP contribution in [0.15, 0.2) is 55.1 Å². The first-order chi connectivity index (χ1) is 7.33. The second-order valence-corrected chi connectivity index (χ2v) is 3.60. The Morgan fingerprint density at radius 2 is 1.87 bits per heavy atom. The molecular weight excluding hydrogens is 180 g/mol. The summed E-state index contributed by atoms with van der Waals surface area (Å²) in [4.78, 5) is 0. The molecule has 0 fully saturated rings. The summed E-state index contributed by atoms with van der Waals surface area (Å²) in [5.41, 5.74) is 2.58. The molecule has 0 nitrogen and oxygen atoms in total. The first-order valence-corrected chi connectivity index (χ1v) is 5.10. The Kier molecular flexibility index (Phi) is 2.68. The first kappa shape index (κ1) is 9.72. The predicted molar refractivity (Wildman–Crippen MR) is 67.9 cm³/mol. The van der Waals surface area contributed by atoms with E-state index in [0.717, 1.165) is 0 Å². The van der Waals surface area contributed by atoms with Crippen molar-refractivity contribution in [3.8, 4) is 0 Å². The van der Waals surface area contributed by atoms with Gasteiger partial charge in [-0.1, -0.05) is 61.2 Å². The first-order valence-electron chi connectivity index (χ1n) is 5.10. The van der Waals surface area contributed by atoms with E-state index in [1.807, 2.05) is 6.08 Å². The molecule has 0 aromatic heterocycles. The number of fused-ring (bicyclic) bond motifs is 1. The molecule has 0 N–H and O–H groups in total. The summed E-state index contributed by atoms with van der Waals surface area (Å²) in [5.74, 6) is 0. The summed E-state index contributed by atoms with van der Waals surface area (Å²) in [6, 6.07) is 12.8. The normalized spacial score (nSPS) is 11.0. The lowest BCUT2D eigenvalue weighted by Crippen LogP contribution is -1.83. The van der Waals surface area contributed by atoms with E-state index in [2.05, 4.69) is 56.0 Å². The van der Waals surface area contributed by atoms with Crippen LogP contribution in [0.5, 0.6) is 0 Å². The van der Waals surface area contributed by atoms with Crippen molar-refractivity contribution in [2.75, 3.05) is 0 Å². The van der Waals surface area contributed by atoms with Crippen LogP contribution in [0.25, 0.3) is 16.8 Å². The monoisotopic (exact) mass is 194 g/mol. The van der Waals surface area contributed by atoms with Gasteiger partial charge >= 0.3 is 0 Å². The van der Waals surface area contributed by atoms with Gasteiger partial charge in [0.2, 0.25) is 0 Å². The molecule has 15 heavy (non-hydrogen) atoms. The molecule has 0 bridgehead atoms. The zero-order chi connectivity index (χ0) is 10.7. The van der Waals surface area contributed by atoms with E-state index in [1.54, 1.807) is 6.08 Å². The van der Waals surface area contributed by atoms with E-state index in [0.29, 0.717) is 0 Å². The van der Waals surface area contributed by atoms with E-state index >= 15 is 0 Å². The minimum Gasteiger partial charge on any atom is -0.0991 e. The summed E-state index contributed by atoms with van der Waals surface area (Å²) in [5, 5.41) is 2.62. The van der Waals surface area contributed by atoms with E-state index in [9.17, 15) is 0 Å². The van der Waals surface area contributed by atoms with Crippen LogP contribution in [0.1, 0.15) is 11.1 Å². The minimum absolute atomic E-state index is 1.26. The van der Waals surface area contributed by atoms with Gasteiger partial charge in [-0.2, -0.15) is 0 Å². The van der Waals surface area contributed by atoms with Crippen LogP contribution in [0.2, 0.25) is 0 Å². The van der Waals surface area contributed by atoms with Crippen LogP contribution in [0.4, 0.5) is 0 Å². The number of allylic oxidation sites excluding steroid dienone is 2. The Bertz CT molecular complexity index is 519. The van der Waals surface area contributed by atoms with Crippen LogP contribution >= 0.6 is 0 Å². The van der Waals surface area contributed by atoms with Gasteiger partial charge < -0.3 is 0 Å². The lowest BCUT2D eigenvalue weighted by Gasteiger charge is -2.05. The van der Waals surface area contributed by atoms with Crippen molar-refractivity contribution in [3.63, 3.8) is 0 Å². The largest absolute Gasteiger partial charge is 0.0991 e. The fraction of sp³-hybridized carbons (Fsp3) is 0.0667. The summed E-state index contributed by atoms with van der Waals surface area (Å²) in [7, 11) is 0. The molecule has 0 saturated heterocycles. The topological polar surface area (TPSA) is 0 Å². The SMILES string of the molecule is C=C/C=C\c1ccc2ccccc2c1C. The average molecular weight is 194 g/mol. The van der Waals surface area contributed by atoms with E-state index in [-0.39, 0.29) is 0 Å². The molecule has 0 amide bonds. The van der Waals surface area contributed by atoms with Crippen molar-refractivity contribution in [1.82, 2.24) is 0 Å². The Hall–Kier alpha value is -1.82. The highest BCUT2D eigenvalue weighted by molar-refractivity contribution is 5.88. The third-order valence-electron chi connectivity index (χ3n) is 2.65. The summed E-state index contributed by atoms with van der Waals surface area (Å²) < 4.78 is 0. The van der Waals surface area contributed by atoms with Crippen LogP contribution in [0.3, 0.4) is 0 Å². The highest BCUT2D eigenvalue weighted by Crippen LogP contribution is 2.22. The van der Waals surface area contributed by atoms with Crippen LogP contribution in [-0.2, 0) is 0 Å². The molecule has 0 unspecified atom stereocenters. The van der Waals surface area contributed by atoms with Crippen molar-refractivity contribution in [2.45, 2.75) is 6.92 Å². The van der Waals surface area contributed by atoms with Gasteiger partial charge in [-0.25, -0.2) is 0 Å². The van der Waals surface area contributed by atoms with E-state index in [4.69, 9.17) is 0 Å². The third kappa shape index (κ3) is 1.84. The lowest BCUT2D eigenvalue weighted by molar-refractivity contribution is 1.50. The molecule has 2 rings (SSSR count). The van der Waals surface area contributed by atoms with Gasteiger partial charge in [0.05, 0.1) is 0 Å². The molecule has 0 spiro atoms. The van der Waals surface area contributed by atoms with Crippen molar-refractivity contribution in [1.29, 1.82) is 0 Å². The van der Waals surface area contributed by atoms with Crippen molar-refractivity contribution in [2.24, 2.45) is 0 Å². The number of rotatable bonds is 2. The van der Waals surface area contributed by atoms with Gasteiger partial charge in [-0.05, 0) is 28.8 Å². The second kappa shape index (κ2) is 4.14. The van der Waals surface area contributed by atoms with Gasteiger partial charge in [-0.15, -0.1) is 0 Å². The number of aryl methyl sites for hydroxylation is 1. The highest BCUT2D eigenvalue weighted by atomic mass is 14.0. The second-order valence-electron chi connectivity index (χ2n) is 3.60. The smallest absolute Gasteiger partial charge is 0.0149 e. The Morgan fingerprint density at radius 3 is 2.67 bits per heavy atom. The maximum atomic E-state index is 3.68. The Balaban J connectivity index is 2.64. The molecule has 0 heteroatoms. The maximum Gasteiger partial charge on any atom is -0.0149 e. The molecule has 0 saturated carbocycles. The molecule has 2 aromatic carbocycles. The Labute approximate surface area is 90.6 Å². The summed E-state index contributed by atoms with van der Waals surface area (Å²) in [6.45, 7) is 5.84. The van der Waals surface area contributed by atoms with Gasteiger partial charge in [0.15, 0.2) is 0 Å². The molecule has 0 atom stereocenters. The van der Waals surface area contributed by atoms with Gasteiger partial charge in [-0.3, -0.25) is 0 Å². The van der Waals surface area contributed by atoms with Gasteiger partial charge in [0.1, 0.15) is 0 Å². The molecule has 0 heterocycles. The van der Waals surface area contributed by atoms with Gasteiger partial charge in [0, 0.05) is 0 Å². The average Bonchev–Trinajstić information content (AvgIpc) is 2.29. The van der Waals surface area contributed by atoms with Crippen LogP contribution in [-0.4, -0.2) is 0 Å². The van der Waals surface area contributed by atoms with Gasteiger partial charge in [0.25, 0.3) is 0 Å². The van der Waals surface area contributed by atoms with E-state index < -0.39 is 0 Å². The fourth-order valence-electron chi connectivity index (χ4n) is 1.80. The predicted octanol–water partition coefficient (Wildman–Crippen LogP) is 4.35. The lowest BCUT2D eigenvalue weighted by atomic mass is 10.00. The number of hydrogen-bond donors (Lipinski definition) is 0. The van der Waals surface area contributed by atoms with Crippen molar-refractivity contribution >= 4 is 16.8 Å². The molecule has 0 radical (unpaired) electrons.